The van der Waals surface area contributed by atoms with Crippen molar-refractivity contribution in [1.82, 2.24) is 15.3 Å². The summed E-state index contributed by atoms with van der Waals surface area (Å²) in [6, 6.07) is 7.23. The highest BCUT2D eigenvalue weighted by Crippen LogP contribution is 2.53. The second-order valence-corrected chi connectivity index (χ2v) is 12.1. The quantitative estimate of drug-likeness (QED) is 0.283. The third-order valence-corrected chi connectivity index (χ3v) is 9.39. The second kappa shape index (κ2) is 12.6. The van der Waals surface area contributed by atoms with E-state index < -0.39 is 40.2 Å². The lowest BCUT2D eigenvalue weighted by Crippen LogP contribution is -2.44. The maximum absolute atomic E-state index is 13.4. The van der Waals surface area contributed by atoms with Crippen LogP contribution in [0.15, 0.2) is 30.3 Å². The third kappa shape index (κ3) is 7.18. The molecular weight excluding hydrogens is 558 g/mol. The van der Waals surface area contributed by atoms with E-state index in [0.29, 0.717) is 55.4 Å². The van der Waals surface area contributed by atoms with Gasteiger partial charge < -0.3 is 25.0 Å². The van der Waals surface area contributed by atoms with Crippen LogP contribution in [-0.2, 0) is 24.1 Å². The number of amides is 2. The van der Waals surface area contributed by atoms with E-state index in [2.05, 4.69) is 20.4 Å². The number of hydrogen-bond donors (Lipinski definition) is 2. The van der Waals surface area contributed by atoms with Gasteiger partial charge in [0, 0.05) is 23.9 Å². The first-order valence-electron chi connectivity index (χ1n) is 12.8. The van der Waals surface area contributed by atoms with E-state index in [4.69, 9.17) is 9.72 Å². The summed E-state index contributed by atoms with van der Waals surface area (Å²) in [5, 5.41) is 4.51. The van der Waals surface area contributed by atoms with Crippen molar-refractivity contribution >= 4 is 27.4 Å². The summed E-state index contributed by atoms with van der Waals surface area (Å²) in [7, 11) is -3.76. The molecule has 40 heavy (non-hydrogen) atoms. The molecule has 1 atom stereocenters. The number of ether oxygens (including phenoxy) is 2. The molecular formula is C25H31F4N5O5S. The number of halogens is 4. The Morgan fingerprint density at radius 2 is 1.93 bits per heavy atom. The number of nitrogens with zero attached hydrogens (tertiary/aromatic N) is 3. The molecule has 1 aliphatic carbocycles. The highest BCUT2D eigenvalue weighted by atomic mass is 32.2. The van der Waals surface area contributed by atoms with Crippen molar-refractivity contribution in [2.75, 3.05) is 48.9 Å². The lowest BCUT2D eigenvalue weighted by molar-refractivity contribution is -0.128. The minimum absolute atomic E-state index is 0.0269. The molecule has 15 heteroatoms. The standard InChI is InChI=1S/C25H31F4N5O5S/c1-16-15-38-11-9-34(16)21-13-19(25(7-8-25)40(36,37)12-2-10-39-23(28)29)32-22(33-21)17-3-5-18(6-4-17)31-24(35)30-14-20(26)27/h3-6,13,16,20,23H,2,7-12,14-15H2,1H3,(H2,30,31,35)/t16-/m0/s1. The highest BCUT2D eigenvalue weighted by molar-refractivity contribution is 7.92. The maximum atomic E-state index is 13.4. The Morgan fingerprint density at radius 1 is 1.20 bits per heavy atom. The fourth-order valence-corrected chi connectivity index (χ4v) is 6.55. The number of benzene rings is 1. The summed E-state index contributed by atoms with van der Waals surface area (Å²) >= 11 is 0. The molecule has 2 heterocycles. The van der Waals surface area contributed by atoms with E-state index >= 15 is 0 Å². The lowest BCUT2D eigenvalue weighted by Gasteiger charge is -2.34. The van der Waals surface area contributed by atoms with Gasteiger partial charge in [-0.3, -0.25) is 0 Å². The zero-order chi connectivity index (χ0) is 28.9. The number of rotatable bonds is 12. The van der Waals surface area contributed by atoms with Gasteiger partial charge in [0.25, 0.3) is 6.43 Å². The van der Waals surface area contributed by atoms with Crippen LogP contribution >= 0.6 is 0 Å². The first kappa shape index (κ1) is 29.9. The normalized spacial score (nSPS) is 18.7. The number of aromatic nitrogens is 2. The van der Waals surface area contributed by atoms with Crippen LogP contribution in [0.3, 0.4) is 0 Å². The van der Waals surface area contributed by atoms with Gasteiger partial charge in [-0.15, -0.1) is 0 Å². The SMILES string of the molecule is C[C@H]1COCCN1c1cc(C2(S(=O)(=O)CCCOC(F)F)CC2)nc(-c2ccc(NC(=O)NCC(F)F)cc2)n1. The Labute approximate surface area is 229 Å². The summed E-state index contributed by atoms with van der Waals surface area (Å²) < 4.78 is 84.5. The molecule has 2 amide bonds. The van der Waals surface area contributed by atoms with Gasteiger partial charge in [0.15, 0.2) is 15.7 Å². The van der Waals surface area contributed by atoms with E-state index in [-0.39, 0.29) is 30.6 Å². The van der Waals surface area contributed by atoms with Crippen molar-refractivity contribution in [2.45, 2.75) is 50.0 Å². The van der Waals surface area contributed by atoms with Gasteiger partial charge in [0.1, 0.15) is 10.6 Å². The number of alkyl halides is 4. The number of urea groups is 1. The first-order valence-corrected chi connectivity index (χ1v) is 14.5. The molecule has 1 aromatic heterocycles. The minimum atomic E-state index is -3.76. The second-order valence-electron chi connectivity index (χ2n) is 9.65. The first-order chi connectivity index (χ1) is 19.0. The third-order valence-electron chi connectivity index (χ3n) is 6.76. The van der Waals surface area contributed by atoms with E-state index in [9.17, 15) is 30.8 Å². The number of nitrogens with one attached hydrogen (secondary N) is 2. The molecule has 1 aromatic carbocycles. The minimum Gasteiger partial charge on any atom is -0.377 e. The molecule has 220 valence electrons. The predicted molar refractivity (Wildman–Crippen MR) is 139 cm³/mol. The predicted octanol–water partition coefficient (Wildman–Crippen LogP) is 3.79. The Kier molecular flexibility index (Phi) is 9.46. The number of hydrogen-bond acceptors (Lipinski definition) is 8. The van der Waals surface area contributed by atoms with Gasteiger partial charge >= 0.3 is 12.6 Å². The van der Waals surface area contributed by atoms with Crippen LogP contribution in [0.2, 0.25) is 0 Å². The summed E-state index contributed by atoms with van der Waals surface area (Å²) in [6.45, 7) is -0.674. The number of carbonyl (C=O) groups excluding carboxylic acids is 1. The molecule has 2 aromatic rings. The van der Waals surface area contributed by atoms with Crippen molar-refractivity contribution in [3.8, 4) is 11.4 Å². The van der Waals surface area contributed by atoms with Gasteiger partial charge in [0.2, 0.25) is 0 Å². The summed E-state index contributed by atoms with van der Waals surface area (Å²) in [6.07, 6.45) is -2.06. The fourth-order valence-electron chi connectivity index (χ4n) is 4.52. The number of carbonyl (C=O) groups is 1. The average molecular weight is 590 g/mol. The molecule has 0 spiro atoms. The van der Waals surface area contributed by atoms with Gasteiger partial charge in [-0.1, -0.05) is 0 Å². The van der Waals surface area contributed by atoms with Crippen LogP contribution in [0.5, 0.6) is 0 Å². The molecule has 0 unspecified atom stereocenters. The lowest BCUT2D eigenvalue weighted by atomic mass is 10.1. The van der Waals surface area contributed by atoms with Crippen molar-refractivity contribution in [3.05, 3.63) is 36.0 Å². The van der Waals surface area contributed by atoms with Crippen molar-refractivity contribution in [1.29, 1.82) is 0 Å². The molecule has 4 rings (SSSR count). The van der Waals surface area contributed by atoms with E-state index in [1.165, 1.54) is 0 Å². The van der Waals surface area contributed by atoms with Crippen LogP contribution < -0.4 is 15.5 Å². The Bertz CT molecular complexity index is 1280. The molecule has 10 nitrogen and oxygen atoms in total. The summed E-state index contributed by atoms with van der Waals surface area (Å²) in [5.74, 6) is 0.477. The molecule has 0 bridgehead atoms. The smallest absolute Gasteiger partial charge is 0.345 e. The number of morpholine rings is 1. The Hall–Kier alpha value is -3.04. The van der Waals surface area contributed by atoms with Crippen LogP contribution in [0.1, 0.15) is 31.9 Å². The fraction of sp³-hybridized carbons (Fsp3) is 0.560. The van der Waals surface area contributed by atoms with Crippen LogP contribution in [0, 0.1) is 0 Å². The molecule has 1 aliphatic heterocycles. The Morgan fingerprint density at radius 3 is 2.55 bits per heavy atom. The van der Waals surface area contributed by atoms with Gasteiger partial charge in [-0.2, -0.15) is 8.78 Å². The molecule has 0 radical (unpaired) electrons. The van der Waals surface area contributed by atoms with E-state index in [1.54, 1.807) is 30.3 Å². The van der Waals surface area contributed by atoms with Crippen LogP contribution in [0.25, 0.3) is 11.4 Å². The number of sulfone groups is 1. The molecule has 2 fully saturated rings. The van der Waals surface area contributed by atoms with Crippen molar-refractivity contribution < 1.29 is 40.2 Å². The zero-order valence-corrected chi connectivity index (χ0v) is 22.6. The molecule has 2 N–H and O–H groups in total. The topological polar surface area (TPSA) is 123 Å². The molecule has 1 saturated heterocycles. The zero-order valence-electron chi connectivity index (χ0n) is 21.8. The largest absolute Gasteiger partial charge is 0.377 e. The average Bonchev–Trinajstić information content (AvgIpc) is 3.73. The van der Waals surface area contributed by atoms with Crippen molar-refractivity contribution in [3.63, 3.8) is 0 Å². The number of anilines is 2. The maximum Gasteiger partial charge on any atom is 0.345 e. The summed E-state index contributed by atoms with van der Waals surface area (Å²) in [4.78, 5) is 23.2. The Balaban J connectivity index is 1.62. The molecule has 1 saturated carbocycles. The van der Waals surface area contributed by atoms with E-state index in [1.807, 2.05) is 11.8 Å². The van der Waals surface area contributed by atoms with Crippen molar-refractivity contribution in [2.24, 2.45) is 0 Å². The van der Waals surface area contributed by atoms with Crippen LogP contribution in [-0.4, -0.2) is 82.2 Å². The van der Waals surface area contributed by atoms with Gasteiger partial charge in [-0.25, -0.2) is 32.0 Å². The summed E-state index contributed by atoms with van der Waals surface area (Å²) in [5.41, 5.74) is 1.22. The van der Waals surface area contributed by atoms with Gasteiger partial charge in [0.05, 0.1) is 43.9 Å². The van der Waals surface area contributed by atoms with E-state index in [0.717, 1.165) is 0 Å². The highest BCUT2D eigenvalue weighted by Gasteiger charge is 2.57. The van der Waals surface area contributed by atoms with Crippen LogP contribution in [0.4, 0.5) is 33.9 Å². The van der Waals surface area contributed by atoms with Gasteiger partial charge in [-0.05, 0) is 50.5 Å². The molecule has 2 aliphatic rings. The monoisotopic (exact) mass is 589 g/mol.